The topological polar surface area (TPSA) is 91.8 Å². The zero-order valence-electron chi connectivity index (χ0n) is 14.9. The smallest absolute Gasteiger partial charge is 0.246 e. The minimum atomic E-state index is -0.393. The fourth-order valence-corrected chi connectivity index (χ4v) is 4.47. The minimum absolute atomic E-state index is 0.239. The third kappa shape index (κ3) is 3.95. The zero-order chi connectivity index (χ0) is 18.8. The lowest BCUT2D eigenvalue weighted by Crippen LogP contribution is -2.38. The molecular weight excluding hydrogens is 368 g/mol. The van der Waals surface area contributed by atoms with E-state index in [2.05, 4.69) is 15.2 Å². The lowest BCUT2D eigenvalue weighted by atomic mass is 9.85. The highest BCUT2D eigenvalue weighted by Crippen LogP contribution is 2.34. The number of hydrogen-bond donors (Lipinski definition) is 1. The summed E-state index contributed by atoms with van der Waals surface area (Å²) in [5.41, 5.74) is 0.891. The molecule has 1 N–H and O–H groups in total. The lowest BCUT2D eigenvalue weighted by molar-refractivity contribution is -0.142. The van der Waals surface area contributed by atoms with E-state index in [1.165, 1.54) is 11.3 Å². The van der Waals surface area contributed by atoms with Crippen molar-refractivity contribution in [2.45, 2.75) is 19.4 Å². The number of rotatable bonds is 5. The third-order valence-corrected chi connectivity index (χ3v) is 5.99. The molecule has 1 aromatic rings. The summed E-state index contributed by atoms with van der Waals surface area (Å²) < 4.78 is 5.33. The van der Waals surface area contributed by atoms with E-state index in [4.69, 9.17) is 4.74 Å². The van der Waals surface area contributed by atoms with Crippen LogP contribution in [0.5, 0.6) is 0 Å². The molecule has 8 nitrogen and oxygen atoms in total. The Morgan fingerprint density at radius 2 is 1.85 bits per heavy atom. The zero-order valence-corrected chi connectivity index (χ0v) is 15.7. The van der Waals surface area contributed by atoms with E-state index in [9.17, 15) is 14.4 Å². The maximum Gasteiger partial charge on any atom is 0.246 e. The van der Waals surface area contributed by atoms with Crippen molar-refractivity contribution in [2.75, 3.05) is 38.2 Å². The fraction of sp³-hybridized carbons (Fsp3) is 0.556. The number of thiazole rings is 1. The molecule has 1 aromatic heterocycles. The molecule has 2 atom stereocenters. The van der Waals surface area contributed by atoms with E-state index >= 15 is 0 Å². The Morgan fingerprint density at radius 1 is 1.19 bits per heavy atom. The van der Waals surface area contributed by atoms with Crippen LogP contribution < -0.4 is 5.32 Å². The second kappa shape index (κ2) is 7.87. The van der Waals surface area contributed by atoms with Crippen LogP contribution in [0.15, 0.2) is 17.5 Å². The highest BCUT2D eigenvalue weighted by Gasteiger charge is 2.47. The summed E-state index contributed by atoms with van der Waals surface area (Å²) in [6, 6.07) is 0. The Kier molecular flexibility index (Phi) is 5.33. The molecule has 27 heavy (non-hydrogen) atoms. The van der Waals surface area contributed by atoms with E-state index in [0.717, 1.165) is 43.4 Å². The normalized spacial score (nSPS) is 25.7. The number of amides is 3. The van der Waals surface area contributed by atoms with E-state index in [-0.39, 0.29) is 30.2 Å². The van der Waals surface area contributed by atoms with Crippen LogP contribution in [-0.2, 0) is 25.7 Å². The molecular formula is C18H22N4O4S. The number of carbonyl (C=O) groups excluding carboxylic acids is 3. The number of aromatic nitrogens is 1. The molecule has 9 heteroatoms. The summed E-state index contributed by atoms with van der Waals surface area (Å²) in [5, 5.41) is 5.11. The first-order valence-electron chi connectivity index (χ1n) is 9.16. The van der Waals surface area contributed by atoms with Gasteiger partial charge < -0.3 is 10.1 Å². The van der Waals surface area contributed by atoms with Crippen molar-refractivity contribution in [3.05, 3.63) is 23.2 Å². The number of hydrogen-bond acceptors (Lipinski definition) is 7. The largest absolute Gasteiger partial charge is 0.379 e. The van der Waals surface area contributed by atoms with E-state index in [0.29, 0.717) is 18.0 Å². The number of fused-ring (bicyclic) bond motifs is 1. The average Bonchev–Trinajstić information content (AvgIpc) is 3.21. The minimum Gasteiger partial charge on any atom is -0.379 e. The van der Waals surface area contributed by atoms with Crippen LogP contribution in [0.1, 0.15) is 18.5 Å². The molecule has 2 saturated heterocycles. The molecule has 1 aliphatic carbocycles. The Hall–Kier alpha value is -2.10. The van der Waals surface area contributed by atoms with Gasteiger partial charge in [0.25, 0.3) is 0 Å². The standard InChI is InChI=1S/C18H22N4O4S/c23-15(10-22-16(24)13-3-1-2-4-14(13)17(22)25)20-18-19-12(11-27-18)9-21-5-7-26-8-6-21/h1-2,11,13-14H,3-10H2,(H,19,20,23)/t13-,14-/m1/s1. The lowest BCUT2D eigenvalue weighted by Gasteiger charge is -2.25. The van der Waals surface area contributed by atoms with Crippen LogP contribution >= 0.6 is 11.3 Å². The molecule has 0 aromatic carbocycles. The first-order valence-corrected chi connectivity index (χ1v) is 10.0. The van der Waals surface area contributed by atoms with Crippen molar-refractivity contribution in [1.29, 1.82) is 0 Å². The highest BCUT2D eigenvalue weighted by atomic mass is 32.1. The van der Waals surface area contributed by atoms with Gasteiger partial charge in [0.1, 0.15) is 6.54 Å². The number of ether oxygens (including phenoxy) is 1. The van der Waals surface area contributed by atoms with Gasteiger partial charge in [0.2, 0.25) is 17.7 Å². The number of likely N-dealkylation sites (tertiary alicyclic amines) is 1. The molecule has 0 unspecified atom stereocenters. The Labute approximate surface area is 161 Å². The molecule has 0 saturated carbocycles. The first-order chi connectivity index (χ1) is 13.1. The summed E-state index contributed by atoms with van der Waals surface area (Å²) >= 11 is 1.35. The average molecular weight is 390 g/mol. The van der Waals surface area contributed by atoms with Gasteiger partial charge in [-0.15, -0.1) is 11.3 Å². The molecule has 3 amide bonds. The van der Waals surface area contributed by atoms with Gasteiger partial charge in [-0.1, -0.05) is 12.2 Å². The van der Waals surface area contributed by atoms with Gasteiger partial charge in [-0.3, -0.25) is 24.2 Å². The van der Waals surface area contributed by atoms with Crippen LogP contribution in [0.2, 0.25) is 0 Å². The molecule has 144 valence electrons. The van der Waals surface area contributed by atoms with Crippen molar-refractivity contribution < 1.29 is 19.1 Å². The number of anilines is 1. The van der Waals surface area contributed by atoms with E-state index in [1.54, 1.807) is 0 Å². The number of nitrogens with one attached hydrogen (secondary N) is 1. The quantitative estimate of drug-likeness (QED) is 0.592. The number of morpholine rings is 1. The summed E-state index contributed by atoms with van der Waals surface area (Å²) in [6.07, 6.45) is 5.01. The van der Waals surface area contributed by atoms with Crippen LogP contribution in [0.4, 0.5) is 5.13 Å². The molecule has 0 radical (unpaired) electrons. The Bertz CT molecular complexity index is 745. The van der Waals surface area contributed by atoms with E-state index < -0.39 is 5.91 Å². The van der Waals surface area contributed by atoms with Gasteiger partial charge in [0.15, 0.2) is 5.13 Å². The van der Waals surface area contributed by atoms with Gasteiger partial charge in [0.05, 0.1) is 30.7 Å². The summed E-state index contributed by atoms with van der Waals surface area (Å²) in [7, 11) is 0. The Morgan fingerprint density at radius 3 is 2.52 bits per heavy atom. The van der Waals surface area contributed by atoms with Gasteiger partial charge in [-0.2, -0.15) is 0 Å². The van der Waals surface area contributed by atoms with Crippen LogP contribution in [0.25, 0.3) is 0 Å². The fourth-order valence-electron chi connectivity index (χ4n) is 3.75. The second-order valence-corrected chi connectivity index (χ2v) is 7.86. The third-order valence-electron chi connectivity index (χ3n) is 5.19. The van der Waals surface area contributed by atoms with E-state index in [1.807, 2.05) is 17.5 Å². The monoisotopic (exact) mass is 390 g/mol. The predicted molar refractivity (Wildman–Crippen MR) is 98.9 cm³/mol. The number of imide groups is 1. The number of nitrogens with zero attached hydrogens (tertiary/aromatic N) is 3. The van der Waals surface area contributed by atoms with Crippen LogP contribution in [0.3, 0.4) is 0 Å². The molecule has 0 spiro atoms. The van der Waals surface area contributed by atoms with Gasteiger partial charge in [-0.25, -0.2) is 4.98 Å². The van der Waals surface area contributed by atoms with Crippen molar-refractivity contribution in [1.82, 2.24) is 14.8 Å². The van der Waals surface area contributed by atoms with Crippen molar-refractivity contribution in [3.63, 3.8) is 0 Å². The van der Waals surface area contributed by atoms with Crippen LogP contribution in [-0.4, -0.2) is 65.4 Å². The number of carbonyl (C=O) groups is 3. The van der Waals surface area contributed by atoms with Crippen molar-refractivity contribution >= 4 is 34.2 Å². The molecule has 3 heterocycles. The molecule has 0 bridgehead atoms. The highest BCUT2D eigenvalue weighted by molar-refractivity contribution is 7.13. The van der Waals surface area contributed by atoms with Gasteiger partial charge >= 0.3 is 0 Å². The predicted octanol–water partition coefficient (Wildman–Crippen LogP) is 0.865. The maximum absolute atomic E-state index is 12.4. The number of allylic oxidation sites excluding steroid dienone is 2. The van der Waals surface area contributed by atoms with Crippen molar-refractivity contribution in [2.24, 2.45) is 11.8 Å². The molecule has 3 aliphatic rings. The first kappa shape index (κ1) is 18.3. The summed E-state index contributed by atoms with van der Waals surface area (Å²) in [5.74, 6) is -1.49. The summed E-state index contributed by atoms with van der Waals surface area (Å²) in [4.78, 5) is 45.0. The maximum atomic E-state index is 12.4. The Balaban J connectivity index is 1.32. The molecule has 2 fully saturated rings. The molecule has 4 rings (SSSR count). The van der Waals surface area contributed by atoms with Crippen LogP contribution in [0, 0.1) is 11.8 Å². The van der Waals surface area contributed by atoms with Gasteiger partial charge in [0, 0.05) is 25.0 Å². The molecule has 2 aliphatic heterocycles. The van der Waals surface area contributed by atoms with Crippen molar-refractivity contribution in [3.8, 4) is 0 Å². The SMILES string of the molecule is O=C(CN1C(=O)[C@@H]2CC=CC[C@H]2C1=O)Nc1nc(CN2CCOCC2)cs1. The second-order valence-electron chi connectivity index (χ2n) is 7.00. The summed E-state index contributed by atoms with van der Waals surface area (Å²) in [6.45, 7) is 3.66. The van der Waals surface area contributed by atoms with Gasteiger partial charge in [-0.05, 0) is 12.8 Å².